The van der Waals surface area contributed by atoms with E-state index in [9.17, 15) is 0 Å². The van der Waals surface area contributed by atoms with E-state index in [-0.39, 0.29) is 0 Å². The van der Waals surface area contributed by atoms with E-state index in [1.54, 1.807) is 0 Å². The van der Waals surface area contributed by atoms with Gasteiger partial charge in [0.05, 0.1) is 11.0 Å². The second-order valence-electron chi connectivity index (χ2n) is 4.48. The molecule has 2 heteroatoms. The van der Waals surface area contributed by atoms with Gasteiger partial charge in [-0.2, -0.15) is 0 Å². The SMILES string of the molecule is c1ccc2c(c1)CCn1c-2nc2ccccc21. The lowest BCUT2D eigenvalue weighted by Crippen LogP contribution is -2.10. The number of hydrogen-bond acceptors (Lipinski definition) is 1. The number of nitrogens with zero attached hydrogens (tertiary/aromatic N) is 2. The fourth-order valence-corrected chi connectivity index (χ4v) is 2.70. The van der Waals surface area contributed by atoms with Gasteiger partial charge in [-0.15, -0.1) is 0 Å². The monoisotopic (exact) mass is 220 g/mol. The van der Waals surface area contributed by atoms with Crippen molar-refractivity contribution in [2.24, 2.45) is 0 Å². The van der Waals surface area contributed by atoms with Crippen LogP contribution in [-0.2, 0) is 13.0 Å². The van der Waals surface area contributed by atoms with Crippen molar-refractivity contribution in [2.75, 3.05) is 0 Å². The van der Waals surface area contributed by atoms with Crippen LogP contribution in [0, 0.1) is 0 Å². The van der Waals surface area contributed by atoms with E-state index in [4.69, 9.17) is 4.98 Å². The van der Waals surface area contributed by atoms with Crippen molar-refractivity contribution in [3.8, 4) is 11.4 Å². The van der Waals surface area contributed by atoms with Crippen LogP contribution in [0.5, 0.6) is 0 Å². The van der Waals surface area contributed by atoms with Crippen molar-refractivity contribution < 1.29 is 0 Å². The average molecular weight is 220 g/mol. The Morgan fingerprint density at radius 1 is 0.941 bits per heavy atom. The maximum atomic E-state index is 4.76. The normalized spacial score (nSPS) is 13.4. The Hall–Kier alpha value is -2.09. The minimum Gasteiger partial charge on any atom is -0.324 e. The molecule has 0 fully saturated rings. The number of aromatic nitrogens is 2. The summed E-state index contributed by atoms with van der Waals surface area (Å²) in [4.78, 5) is 4.76. The van der Waals surface area contributed by atoms with Gasteiger partial charge in [0.1, 0.15) is 5.82 Å². The molecule has 82 valence electrons. The predicted octanol–water partition coefficient (Wildman–Crippen LogP) is 3.26. The van der Waals surface area contributed by atoms with Gasteiger partial charge in [-0.3, -0.25) is 0 Å². The number of hydrogen-bond donors (Lipinski definition) is 0. The zero-order valence-electron chi connectivity index (χ0n) is 9.43. The Morgan fingerprint density at radius 3 is 2.76 bits per heavy atom. The van der Waals surface area contributed by atoms with E-state index < -0.39 is 0 Å². The quantitative estimate of drug-likeness (QED) is 0.568. The standard InChI is InChI=1S/C15H12N2/c1-2-6-12-11(5-1)9-10-17-14-8-4-3-7-13(14)16-15(12)17/h1-8H,9-10H2. The third-order valence-corrected chi connectivity index (χ3v) is 3.52. The molecule has 3 aromatic rings. The molecule has 0 amide bonds. The molecular formula is C15H12N2. The molecule has 0 saturated heterocycles. The highest BCUT2D eigenvalue weighted by atomic mass is 15.1. The summed E-state index contributed by atoms with van der Waals surface area (Å²) >= 11 is 0. The topological polar surface area (TPSA) is 17.8 Å². The van der Waals surface area contributed by atoms with E-state index in [0.29, 0.717) is 0 Å². The first kappa shape index (κ1) is 8.99. The van der Waals surface area contributed by atoms with Crippen LogP contribution < -0.4 is 0 Å². The number of rotatable bonds is 0. The van der Waals surface area contributed by atoms with Crippen molar-refractivity contribution in [3.05, 3.63) is 54.1 Å². The summed E-state index contributed by atoms with van der Waals surface area (Å²) in [5.74, 6) is 1.12. The smallest absolute Gasteiger partial charge is 0.141 e. The fraction of sp³-hybridized carbons (Fsp3) is 0.133. The van der Waals surface area contributed by atoms with Gasteiger partial charge >= 0.3 is 0 Å². The van der Waals surface area contributed by atoms with E-state index in [1.165, 1.54) is 16.6 Å². The molecule has 1 aliphatic rings. The van der Waals surface area contributed by atoms with Crippen molar-refractivity contribution in [1.29, 1.82) is 0 Å². The van der Waals surface area contributed by atoms with E-state index in [2.05, 4.69) is 47.0 Å². The van der Waals surface area contributed by atoms with Crippen LogP contribution >= 0.6 is 0 Å². The summed E-state index contributed by atoms with van der Waals surface area (Å²) in [6.45, 7) is 1.03. The van der Waals surface area contributed by atoms with Crippen molar-refractivity contribution >= 4 is 11.0 Å². The Balaban J connectivity index is 2.10. The number of fused-ring (bicyclic) bond motifs is 5. The van der Waals surface area contributed by atoms with Gasteiger partial charge in [0.25, 0.3) is 0 Å². The van der Waals surface area contributed by atoms with Crippen LogP contribution in [0.2, 0.25) is 0 Å². The van der Waals surface area contributed by atoms with Gasteiger partial charge in [0.15, 0.2) is 0 Å². The first-order valence-electron chi connectivity index (χ1n) is 5.97. The molecule has 2 nitrogen and oxygen atoms in total. The highest BCUT2D eigenvalue weighted by Crippen LogP contribution is 2.31. The Labute approximate surface area is 99.5 Å². The summed E-state index contributed by atoms with van der Waals surface area (Å²) in [7, 11) is 0. The number of aryl methyl sites for hydroxylation is 2. The molecular weight excluding hydrogens is 208 g/mol. The molecule has 1 aromatic heterocycles. The number of para-hydroxylation sites is 2. The molecule has 2 heterocycles. The highest BCUT2D eigenvalue weighted by molar-refractivity contribution is 5.81. The molecule has 0 N–H and O–H groups in total. The fourth-order valence-electron chi connectivity index (χ4n) is 2.70. The minimum absolute atomic E-state index is 1.03. The first-order valence-corrected chi connectivity index (χ1v) is 5.97. The minimum atomic E-state index is 1.03. The predicted molar refractivity (Wildman–Crippen MR) is 68.9 cm³/mol. The zero-order chi connectivity index (χ0) is 11.2. The third-order valence-electron chi connectivity index (χ3n) is 3.52. The Kier molecular flexibility index (Phi) is 1.69. The summed E-state index contributed by atoms with van der Waals surface area (Å²) in [6, 6.07) is 16.9. The zero-order valence-corrected chi connectivity index (χ0v) is 9.43. The van der Waals surface area contributed by atoms with Crippen LogP contribution in [0.25, 0.3) is 22.4 Å². The van der Waals surface area contributed by atoms with Crippen molar-refractivity contribution in [1.82, 2.24) is 9.55 Å². The summed E-state index contributed by atoms with van der Waals surface area (Å²) in [5.41, 5.74) is 5.04. The summed E-state index contributed by atoms with van der Waals surface area (Å²) in [6.07, 6.45) is 1.10. The molecule has 0 bridgehead atoms. The van der Waals surface area contributed by atoms with Gasteiger partial charge < -0.3 is 4.57 Å². The number of benzene rings is 2. The molecule has 0 spiro atoms. The van der Waals surface area contributed by atoms with Gasteiger partial charge in [-0.05, 0) is 24.1 Å². The molecule has 0 radical (unpaired) electrons. The molecule has 0 atom stereocenters. The van der Waals surface area contributed by atoms with E-state index in [0.717, 1.165) is 24.3 Å². The van der Waals surface area contributed by atoms with E-state index in [1.807, 2.05) is 6.07 Å². The second-order valence-corrected chi connectivity index (χ2v) is 4.48. The Bertz CT molecular complexity index is 710. The van der Waals surface area contributed by atoms with Crippen LogP contribution in [0.1, 0.15) is 5.56 Å². The van der Waals surface area contributed by atoms with Crippen molar-refractivity contribution in [3.63, 3.8) is 0 Å². The van der Waals surface area contributed by atoms with E-state index >= 15 is 0 Å². The van der Waals surface area contributed by atoms with Gasteiger partial charge in [-0.1, -0.05) is 36.4 Å². The summed E-state index contributed by atoms with van der Waals surface area (Å²) < 4.78 is 2.33. The van der Waals surface area contributed by atoms with Crippen LogP contribution in [0.4, 0.5) is 0 Å². The molecule has 0 aliphatic carbocycles. The third kappa shape index (κ3) is 1.18. The second kappa shape index (κ2) is 3.20. The molecule has 17 heavy (non-hydrogen) atoms. The van der Waals surface area contributed by atoms with Crippen molar-refractivity contribution in [2.45, 2.75) is 13.0 Å². The van der Waals surface area contributed by atoms with Gasteiger partial charge in [0, 0.05) is 12.1 Å². The lowest BCUT2D eigenvalue weighted by Gasteiger charge is -2.18. The largest absolute Gasteiger partial charge is 0.324 e. The summed E-state index contributed by atoms with van der Waals surface area (Å²) in [5, 5.41) is 0. The van der Waals surface area contributed by atoms with Crippen LogP contribution in [-0.4, -0.2) is 9.55 Å². The molecule has 4 rings (SSSR count). The van der Waals surface area contributed by atoms with Gasteiger partial charge in [0.2, 0.25) is 0 Å². The molecule has 0 unspecified atom stereocenters. The van der Waals surface area contributed by atoms with Gasteiger partial charge in [-0.25, -0.2) is 4.98 Å². The molecule has 1 aliphatic heterocycles. The highest BCUT2D eigenvalue weighted by Gasteiger charge is 2.18. The van der Waals surface area contributed by atoms with Crippen LogP contribution in [0.15, 0.2) is 48.5 Å². The molecule has 0 saturated carbocycles. The maximum absolute atomic E-state index is 4.76. The van der Waals surface area contributed by atoms with Crippen LogP contribution in [0.3, 0.4) is 0 Å². The molecule has 2 aromatic carbocycles. The number of imidazole rings is 1. The average Bonchev–Trinajstić information content (AvgIpc) is 2.78. The first-order chi connectivity index (χ1) is 8.43. The lowest BCUT2D eigenvalue weighted by atomic mass is 10.0. The lowest BCUT2D eigenvalue weighted by molar-refractivity contribution is 0.702. The Morgan fingerprint density at radius 2 is 1.76 bits per heavy atom. The maximum Gasteiger partial charge on any atom is 0.141 e.